The van der Waals surface area contributed by atoms with E-state index in [1.54, 1.807) is 0 Å². The number of benzene rings is 1. The van der Waals surface area contributed by atoms with Crippen LogP contribution in [-0.2, 0) is 9.59 Å². The smallest absolute Gasteiger partial charge is 0.325 e. The first-order valence-corrected chi connectivity index (χ1v) is 8.10. The average Bonchev–Trinajstić information content (AvgIpc) is 3.12. The molecule has 9 nitrogen and oxygen atoms in total. The number of nitrogens with one attached hydrogen (secondary N) is 2. The Morgan fingerprint density at radius 2 is 2.04 bits per heavy atom. The second-order valence-electron chi connectivity index (χ2n) is 6.28. The molecule has 2 aliphatic rings. The molecule has 0 radical (unpaired) electrons. The summed E-state index contributed by atoms with van der Waals surface area (Å²) in [4.78, 5) is 47.8. The van der Waals surface area contributed by atoms with Crippen LogP contribution in [0.15, 0.2) is 24.3 Å². The van der Waals surface area contributed by atoms with E-state index < -0.39 is 22.4 Å². The molecule has 25 heavy (non-hydrogen) atoms. The van der Waals surface area contributed by atoms with Crippen molar-refractivity contribution in [1.82, 2.24) is 10.2 Å². The number of nitro benzene ring substituents is 1. The van der Waals surface area contributed by atoms with Crippen LogP contribution in [-0.4, -0.2) is 39.8 Å². The van der Waals surface area contributed by atoms with E-state index in [4.69, 9.17) is 0 Å². The van der Waals surface area contributed by atoms with Crippen LogP contribution in [0.25, 0.3) is 0 Å². The molecule has 1 aromatic rings. The largest absolute Gasteiger partial charge is 0.326 e. The standard InChI is InChI=1S/C16H18N4O5/c21-13(17-11-4-3-5-12(10-11)20(24)25)6-9-19-14(22)16(18-15(19)23)7-1-2-8-16/h3-5,10H,1-2,6-9H2,(H,17,21)(H,18,23). The quantitative estimate of drug-likeness (QED) is 0.478. The van der Waals surface area contributed by atoms with Crippen molar-refractivity contribution in [1.29, 1.82) is 0 Å². The molecular formula is C16H18N4O5. The molecular weight excluding hydrogens is 328 g/mol. The molecule has 1 saturated heterocycles. The molecule has 0 aromatic heterocycles. The number of hydrogen-bond acceptors (Lipinski definition) is 5. The number of urea groups is 1. The Bertz CT molecular complexity index is 742. The van der Waals surface area contributed by atoms with Gasteiger partial charge < -0.3 is 10.6 Å². The molecule has 0 atom stereocenters. The van der Waals surface area contributed by atoms with Crippen LogP contribution in [0.5, 0.6) is 0 Å². The highest BCUT2D eigenvalue weighted by Gasteiger charge is 2.52. The molecule has 2 fully saturated rings. The molecule has 2 N–H and O–H groups in total. The molecule has 1 aliphatic heterocycles. The van der Waals surface area contributed by atoms with Gasteiger partial charge in [0.2, 0.25) is 5.91 Å². The molecule has 1 spiro atoms. The fourth-order valence-electron chi connectivity index (χ4n) is 3.33. The van der Waals surface area contributed by atoms with Gasteiger partial charge in [-0.3, -0.25) is 24.6 Å². The maximum absolute atomic E-state index is 12.5. The number of imide groups is 1. The predicted octanol–water partition coefficient (Wildman–Crippen LogP) is 1.79. The van der Waals surface area contributed by atoms with Crippen LogP contribution >= 0.6 is 0 Å². The highest BCUT2D eigenvalue weighted by molar-refractivity contribution is 6.07. The normalized spacial score (nSPS) is 18.5. The third-order valence-electron chi connectivity index (χ3n) is 4.61. The fourth-order valence-corrected chi connectivity index (χ4v) is 3.33. The molecule has 3 rings (SSSR count). The number of anilines is 1. The van der Waals surface area contributed by atoms with Crippen LogP contribution in [0.3, 0.4) is 0 Å². The number of amides is 4. The van der Waals surface area contributed by atoms with Crippen LogP contribution in [0.1, 0.15) is 32.1 Å². The Kier molecular flexibility index (Phi) is 4.39. The van der Waals surface area contributed by atoms with Crippen molar-refractivity contribution in [3.8, 4) is 0 Å². The van der Waals surface area contributed by atoms with Crippen molar-refractivity contribution >= 4 is 29.2 Å². The molecule has 1 saturated carbocycles. The van der Waals surface area contributed by atoms with Gasteiger partial charge in [-0.25, -0.2) is 4.79 Å². The number of nitrogens with zero attached hydrogens (tertiary/aromatic N) is 2. The van der Waals surface area contributed by atoms with E-state index in [0.29, 0.717) is 18.5 Å². The fraction of sp³-hybridized carbons (Fsp3) is 0.438. The van der Waals surface area contributed by atoms with Gasteiger partial charge in [-0.05, 0) is 18.9 Å². The summed E-state index contributed by atoms with van der Waals surface area (Å²) in [6, 6.07) is 5.11. The van der Waals surface area contributed by atoms with Gasteiger partial charge >= 0.3 is 6.03 Å². The van der Waals surface area contributed by atoms with Gasteiger partial charge in [0.1, 0.15) is 5.54 Å². The summed E-state index contributed by atoms with van der Waals surface area (Å²) in [5.74, 6) is -0.688. The van der Waals surface area contributed by atoms with Gasteiger partial charge in [-0.15, -0.1) is 0 Å². The summed E-state index contributed by atoms with van der Waals surface area (Å²) in [5.41, 5.74) is -0.619. The molecule has 4 amide bonds. The lowest BCUT2D eigenvalue weighted by molar-refractivity contribution is -0.384. The summed E-state index contributed by atoms with van der Waals surface area (Å²) < 4.78 is 0. The zero-order valence-electron chi connectivity index (χ0n) is 13.5. The first-order chi connectivity index (χ1) is 11.9. The van der Waals surface area contributed by atoms with E-state index in [9.17, 15) is 24.5 Å². The lowest BCUT2D eigenvalue weighted by Crippen LogP contribution is -2.44. The Balaban J connectivity index is 1.57. The van der Waals surface area contributed by atoms with E-state index in [2.05, 4.69) is 10.6 Å². The Morgan fingerprint density at radius 1 is 1.32 bits per heavy atom. The SMILES string of the molecule is O=C(CCN1C(=O)NC2(CCCC2)C1=O)Nc1cccc([N+](=O)[O-])c1. The number of rotatable bonds is 5. The van der Waals surface area contributed by atoms with Crippen molar-refractivity contribution in [2.24, 2.45) is 0 Å². The Morgan fingerprint density at radius 3 is 2.72 bits per heavy atom. The minimum Gasteiger partial charge on any atom is -0.326 e. The number of hydrogen-bond donors (Lipinski definition) is 2. The van der Waals surface area contributed by atoms with Crippen molar-refractivity contribution in [3.05, 3.63) is 34.4 Å². The third kappa shape index (κ3) is 3.30. The molecule has 0 unspecified atom stereocenters. The second-order valence-corrected chi connectivity index (χ2v) is 6.28. The summed E-state index contributed by atoms with van der Waals surface area (Å²) in [6.45, 7) is -0.0207. The minimum atomic E-state index is -0.784. The summed E-state index contributed by atoms with van der Waals surface area (Å²) >= 11 is 0. The van der Waals surface area contributed by atoms with Crippen LogP contribution in [0.2, 0.25) is 0 Å². The van der Waals surface area contributed by atoms with Gasteiger partial charge in [0.15, 0.2) is 0 Å². The lowest BCUT2D eigenvalue weighted by Gasteiger charge is -2.19. The maximum Gasteiger partial charge on any atom is 0.325 e. The molecule has 9 heteroatoms. The maximum atomic E-state index is 12.5. The number of carbonyl (C=O) groups is 3. The molecule has 0 bridgehead atoms. The van der Waals surface area contributed by atoms with Gasteiger partial charge in [-0.2, -0.15) is 0 Å². The number of carbonyl (C=O) groups excluding carboxylic acids is 3. The summed E-state index contributed by atoms with van der Waals surface area (Å²) in [5, 5.41) is 16.0. The molecule has 1 heterocycles. The van der Waals surface area contributed by atoms with Gasteiger partial charge in [-0.1, -0.05) is 18.9 Å². The highest BCUT2D eigenvalue weighted by atomic mass is 16.6. The van der Waals surface area contributed by atoms with Crippen molar-refractivity contribution in [2.45, 2.75) is 37.6 Å². The highest BCUT2D eigenvalue weighted by Crippen LogP contribution is 2.35. The monoisotopic (exact) mass is 346 g/mol. The van der Waals surface area contributed by atoms with Crippen LogP contribution < -0.4 is 10.6 Å². The summed E-state index contributed by atoms with van der Waals surface area (Å²) in [7, 11) is 0. The topological polar surface area (TPSA) is 122 Å². The van der Waals surface area contributed by atoms with Crippen LogP contribution in [0, 0.1) is 10.1 Å². The van der Waals surface area contributed by atoms with E-state index in [1.807, 2.05) is 0 Å². The van der Waals surface area contributed by atoms with Crippen LogP contribution in [0.4, 0.5) is 16.2 Å². The van der Waals surface area contributed by atoms with Gasteiger partial charge in [0, 0.05) is 30.8 Å². The first kappa shape index (κ1) is 16.9. The van der Waals surface area contributed by atoms with Crippen molar-refractivity contribution in [3.63, 3.8) is 0 Å². The average molecular weight is 346 g/mol. The zero-order chi connectivity index (χ0) is 18.0. The first-order valence-electron chi connectivity index (χ1n) is 8.10. The molecule has 132 valence electrons. The van der Waals surface area contributed by atoms with E-state index in [-0.39, 0.29) is 24.6 Å². The van der Waals surface area contributed by atoms with Gasteiger partial charge in [0.25, 0.3) is 11.6 Å². The predicted molar refractivity (Wildman–Crippen MR) is 87.8 cm³/mol. The number of nitro groups is 1. The lowest BCUT2D eigenvalue weighted by atomic mass is 9.98. The Hall–Kier alpha value is -2.97. The zero-order valence-corrected chi connectivity index (χ0v) is 13.5. The molecule has 1 aromatic carbocycles. The van der Waals surface area contributed by atoms with Crippen molar-refractivity contribution in [2.75, 3.05) is 11.9 Å². The van der Waals surface area contributed by atoms with E-state index in [0.717, 1.165) is 17.7 Å². The van der Waals surface area contributed by atoms with E-state index >= 15 is 0 Å². The van der Waals surface area contributed by atoms with Gasteiger partial charge in [0.05, 0.1) is 4.92 Å². The second kappa shape index (κ2) is 6.50. The Labute approximate surface area is 143 Å². The van der Waals surface area contributed by atoms with E-state index in [1.165, 1.54) is 24.3 Å². The summed E-state index contributed by atoms with van der Waals surface area (Å²) in [6.07, 6.45) is 2.99. The minimum absolute atomic E-state index is 0.0207. The molecule has 1 aliphatic carbocycles. The third-order valence-corrected chi connectivity index (χ3v) is 4.61. The number of non-ortho nitro benzene ring substituents is 1. The van der Waals surface area contributed by atoms with Crippen molar-refractivity contribution < 1.29 is 19.3 Å².